The Labute approximate surface area is 185 Å². The summed E-state index contributed by atoms with van der Waals surface area (Å²) in [7, 11) is 2.20. The summed E-state index contributed by atoms with van der Waals surface area (Å²) in [6.07, 6.45) is 7.34. The van der Waals surface area contributed by atoms with Crippen molar-refractivity contribution in [2.75, 3.05) is 57.8 Å². The van der Waals surface area contributed by atoms with Crippen LogP contribution in [0.3, 0.4) is 0 Å². The van der Waals surface area contributed by atoms with Crippen molar-refractivity contribution in [2.45, 2.75) is 25.4 Å². The Morgan fingerprint density at radius 1 is 1.03 bits per heavy atom. The molecule has 0 bridgehead atoms. The van der Waals surface area contributed by atoms with Gasteiger partial charge < -0.3 is 14.9 Å². The van der Waals surface area contributed by atoms with E-state index in [-0.39, 0.29) is 6.10 Å². The second kappa shape index (κ2) is 7.44. The smallest absolute Gasteiger partial charge is 0.0777 e. The predicted molar refractivity (Wildman–Crippen MR) is 125 cm³/mol. The monoisotopic (exact) mass is 416 g/mol. The summed E-state index contributed by atoms with van der Waals surface area (Å²) >= 11 is 0. The highest BCUT2D eigenvalue weighted by molar-refractivity contribution is 5.78. The van der Waals surface area contributed by atoms with Crippen LogP contribution in [0, 0.1) is 5.41 Å². The Balaban J connectivity index is 1.16. The summed E-state index contributed by atoms with van der Waals surface area (Å²) in [4.78, 5) is 12.2. The van der Waals surface area contributed by atoms with E-state index in [9.17, 15) is 5.11 Å². The van der Waals surface area contributed by atoms with E-state index in [1.165, 1.54) is 28.0 Å². The Bertz CT molecular complexity index is 993. The highest BCUT2D eigenvalue weighted by atomic mass is 16.3. The Kier molecular flexibility index (Phi) is 4.67. The zero-order valence-electron chi connectivity index (χ0n) is 18.4. The van der Waals surface area contributed by atoms with Gasteiger partial charge >= 0.3 is 0 Å². The molecule has 2 saturated heterocycles. The average molecular weight is 417 g/mol. The van der Waals surface area contributed by atoms with Crippen molar-refractivity contribution in [3.8, 4) is 11.3 Å². The molecule has 5 heteroatoms. The van der Waals surface area contributed by atoms with Gasteiger partial charge in [0.05, 0.1) is 11.8 Å². The number of hydrogen-bond donors (Lipinski definition) is 1. The van der Waals surface area contributed by atoms with Crippen LogP contribution in [0.5, 0.6) is 0 Å². The molecule has 3 heterocycles. The van der Waals surface area contributed by atoms with Gasteiger partial charge in [-0.05, 0) is 50.1 Å². The second-order valence-corrected chi connectivity index (χ2v) is 10.3. The third-order valence-electron chi connectivity index (χ3n) is 7.74. The maximum atomic E-state index is 9.64. The molecule has 162 valence electrons. The number of piperazine rings is 1. The normalized spacial score (nSPS) is 23.4. The van der Waals surface area contributed by atoms with Crippen molar-refractivity contribution < 1.29 is 5.11 Å². The van der Waals surface area contributed by atoms with Crippen molar-refractivity contribution in [1.29, 1.82) is 0 Å². The minimum atomic E-state index is -0.0478. The fourth-order valence-corrected chi connectivity index (χ4v) is 6.05. The third kappa shape index (κ3) is 3.59. The first kappa shape index (κ1) is 19.5. The number of likely N-dealkylation sites (tertiary alicyclic amines) is 1. The van der Waals surface area contributed by atoms with Crippen LogP contribution < -0.4 is 4.90 Å². The predicted octanol–water partition coefficient (Wildman–Crippen LogP) is 2.90. The number of hydrogen-bond acceptors (Lipinski definition) is 5. The molecular formula is C26H32N4O. The Morgan fingerprint density at radius 2 is 1.77 bits per heavy atom. The molecule has 1 aromatic heterocycles. The van der Waals surface area contributed by atoms with Crippen LogP contribution in [0.25, 0.3) is 17.3 Å². The molecule has 1 N–H and O–H groups in total. The SMILES string of the molecule is CN1CCN(c2ccc(-c3nccc4c3C=C(CN3CC5(CC(O)C5)C3)C4)cc2)CC1. The first-order valence-corrected chi connectivity index (χ1v) is 11.7. The fourth-order valence-electron chi connectivity index (χ4n) is 6.05. The van der Waals surface area contributed by atoms with E-state index in [0.29, 0.717) is 5.41 Å². The molecule has 3 fully saturated rings. The standard InChI is InChI=1S/C26H32N4O/c1-28-8-10-30(11-9-28)22-4-2-20(3-5-22)25-24-13-19(12-21(24)6-7-27-25)16-29-17-26(18-29)14-23(31)15-26/h2-7,13,23,31H,8-12,14-18H2,1H3. The molecule has 4 aliphatic rings. The first-order valence-electron chi connectivity index (χ1n) is 11.7. The first-order chi connectivity index (χ1) is 15.1. The van der Waals surface area contributed by atoms with Gasteiger partial charge in [-0.3, -0.25) is 9.88 Å². The van der Waals surface area contributed by atoms with Crippen molar-refractivity contribution in [3.05, 3.63) is 53.2 Å². The Hall–Kier alpha value is -2.21. The molecular weight excluding hydrogens is 384 g/mol. The lowest BCUT2D eigenvalue weighted by atomic mass is 9.62. The molecule has 1 saturated carbocycles. The van der Waals surface area contributed by atoms with Crippen LogP contribution >= 0.6 is 0 Å². The van der Waals surface area contributed by atoms with Crippen LogP contribution in [0.4, 0.5) is 5.69 Å². The van der Waals surface area contributed by atoms with E-state index in [2.05, 4.69) is 58.2 Å². The molecule has 1 spiro atoms. The van der Waals surface area contributed by atoms with Gasteiger partial charge in [-0.15, -0.1) is 0 Å². The maximum absolute atomic E-state index is 9.64. The maximum Gasteiger partial charge on any atom is 0.0777 e. The number of anilines is 1. The third-order valence-corrected chi connectivity index (χ3v) is 7.74. The molecule has 0 radical (unpaired) electrons. The van der Waals surface area contributed by atoms with Gasteiger partial charge in [-0.25, -0.2) is 0 Å². The summed E-state index contributed by atoms with van der Waals surface area (Å²) in [6, 6.07) is 11.2. The highest BCUT2D eigenvalue weighted by Gasteiger charge is 2.51. The summed E-state index contributed by atoms with van der Waals surface area (Å²) in [5.74, 6) is 0. The van der Waals surface area contributed by atoms with Crippen molar-refractivity contribution in [2.24, 2.45) is 5.41 Å². The van der Waals surface area contributed by atoms with E-state index in [0.717, 1.165) is 70.8 Å². The Morgan fingerprint density at radius 3 is 2.48 bits per heavy atom. The number of rotatable bonds is 4. The van der Waals surface area contributed by atoms with Crippen LogP contribution in [-0.2, 0) is 6.42 Å². The molecule has 0 unspecified atom stereocenters. The molecule has 6 rings (SSSR count). The zero-order valence-corrected chi connectivity index (χ0v) is 18.4. The highest BCUT2D eigenvalue weighted by Crippen LogP contribution is 2.48. The summed E-state index contributed by atoms with van der Waals surface area (Å²) in [5, 5.41) is 9.64. The molecule has 2 aliphatic carbocycles. The number of nitrogens with zero attached hydrogens (tertiary/aromatic N) is 4. The largest absolute Gasteiger partial charge is 0.393 e. The fraction of sp³-hybridized carbons (Fsp3) is 0.500. The lowest BCUT2D eigenvalue weighted by Crippen LogP contribution is -2.63. The number of aromatic nitrogens is 1. The quantitative estimate of drug-likeness (QED) is 0.830. The molecule has 0 amide bonds. The number of aliphatic hydroxyl groups excluding tert-OH is 1. The lowest BCUT2D eigenvalue weighted by molar-refractivity contribution is -0.124. The van der Waals surface area contributed by atoms with Crippen molar-refractivity contribution >= 4 is 11.8 Å². The van der Waals surface area contributed by atoms with E-state index in [1.807, 2.05) is 6.20 Å². The van der Waals surface area contributed by atoms with Gasteiger partial charge in [-0.1, -0.05) is 23.8 Å². The van der Waals surface area contributed by atoms with Crippen molar-refractivity contribution in [3.63, 3.8) is 0 Å². The van der Waals surface area contributed by atoms with Gasteiger partial charge in [0, 0.05) is 74.2 Å². The van der Waals surface area contributed by atoms with Crippen LogP contribution in [0.2, 0.25) is 0 Å². The van der Waals surface area contributed by atoms with Gasteiger partial charge in [-0.2, -0.15) is 0 Å². The van der Waals surface area contributed by atoms with E-state index >= 15 is 0 Å². The van der Waals surface area contributed by atoms with Crippen LogP contribution in [-0.4, -0.2) is 78.9 Å². The van der Waals surface area contributed by atoms with E-state index in [1.54, 1.807) is 0 Å². The zero-order chi connectivity index (χ0) is 21.0. The summed E-state index contributed by atoms with van der Waals surface area (Å²) < 4.78 is 0. The van der Waals surface area contributed by atoms with Gasteiger partial charge in [0.2, 0.25) is 0 Å². The van der Waals surface area contributed by atoms with Crippen molar-refractivity contribution in [1.82, 2.24) is 14.8 Å². The van der Waals surface area contributed by atoms with E-state index < -0.39 is 0 Å². The van der Waals surface area contributed by atoms with Gasteiger partial charge in [0.1, 0.15) is 0 Å². The van der Waals surface area contributed by atoms with Gasteiger partial charge in [0.15, 0.2) is 0 Å². The van der Waals surface area contributed by atoms with Crippen LogP contribution in [0.15, 0.2) is 42.1 Å². The minimum Gasteiger partial charge on any atom is -0.393 e. The molecule has 1 aromatic carbocycles. The number of benzene rings is 1. The molecule has 5 nitrogen and oxygen atoms in total. The topological polar surface area (TPSA) is 42.8 Å². The number of fused-ring (bicyclic) bond motifs is 1. The van der Waals surface area contributed by atoms with Crippen LogP contribution in [0.1, 0.15) is 24.0 Å². The number of likely N-dealkylation sites (N-methyl/N-ethyl adjacent to an activating group) is 1. The lowest BCUT2D eigenvalue weighted by Gasteiger charge is -2.58. The van der Waals surface area contributed by atoms with Gasteiger partial charge in [0.25, 0.3) is 0 Å². The average Bonchev–Trinajstić information content (AvgIpc) is 3.14. The minimum absolute atomic E-state index is 0.0478. The summed E-state index contributed by atoms with van der Waals surface area (Å²) in [5.41, 5.74) is 8.26. The number of aliphatic hydroxyl groups is 1. The second-order valence-electron chi connectivity index (χ2n) is 10.3. The molecule has 31 heavy (non-hydrogen) atoms. The molecule has 2 aromatic rings. The molecule has 0 atom stereocenters. The summed E-state index contributed by atoms with van der Waals surface area (Å²) in [6.45, 7) is 7.79. The molecule has 2 aliphatic heterocycles. The number of pyridine rings is 1. The van der Waals surface area contributed by atoms with E-state index in [4.69, 9.17) is 4.98 Å².